The number of amides is 2. The maximum Gasteiger partial charge on any atom is 0.319 e. The van der Waals surface area contributed by atoms with Crippen LogP contribution in [0.15, 0.2) is 24.3 Å². The first kappa shape index (κ1) is 23.3. The van der Waals surface area contributed by atoms with Gasteiger partial charge in [0.15, 0.2) is 5.82 Å². The van der Waals surface area contributed by atoms with Crippen molar-refractivity contribution < 1.29 is 18.7 Å². The molecule has 4 rings (SSSR count). The fraction of sp³-hybridized carbons (Fsp3) is 0.560. The number of carbonyl (C=O) groups is 2. The van der Waals surface area contributed by atoms with Crippen LogP contribution in [-0.2, 0) is 9.53 Å². The third kappa shape index (κ3) is 5.72. The van der Waals surface area contributed by atoms with Crippen molar-refractivity contribution in [3.05, 3.63) is 30.1 Å². The average Bonchev–Trinajstić information content (AvgIpc) is 2.80. The summed E-state index contributed by atoms with van der Waals surface area (Å²) in [6.07, 6.45) is 8.00. The highest BCUT2D eigenvalue weighted by Gasteiger charge is 2.36. The standard InChI is InChI=1S/C25H33FN4O3/c1-2-33-22(31)17-25(11-5-3-6-12-25)29-24(32)27-19-15-18-9-10-21(28-23(18)20(26)16-19)30-13-7-4-8-14-30/h9-10,15-16H,2-8,11-14,17H2,1H3,(H2,27,29,32). The second kappa shape index (κ2) is 10.4. The Morgan fingerprint density at radius 1 is 1.09 bits per heavy atom. The number of rotatable bonds is 6. The first-order chi connectivity index (χ1) is 16.0. The predicted molar refractivity (Wildman–Crippen MR) is 127 cm³/mol. The van der Waals surface area contributed by atoms with Crippen molar-refractivity contribution in [2.45, 2.75) is 70.3 Å². The molecule has 2 amide bonds. The summed E-state index contributed by atoms with van der Waals surface area (Å²) in [5.74, 6) is 0.00496. The molecule has 0 unspecified atom stereocenters. The Morgan fingerprint density at radius 3 is 2.55 bits per heavy atom. The monoisotopic (exact) mass is 456 g/mol. The van der Waals surface area contributed by atoms with Crippen molar-refractivity contribution in [3.8, 4) is 0 Å². The molecule has 1 aromatic carbocycles. The molecule has 178 valence electrons. The molecule has 2 aromatic rings. The smallest absolute Gasteiger partial charge is 0.319 e. The number of anilines is 2. The first-order valence-corrected chi connectivity index (χ1v) is 12.1. The zero-order valence-electron chi connectivity index (χ0n) is 19.3. The lowest BCUT2D eigenvalue weighted by atomic mass is 9.79. The van der Waals surface area contributed by atoms with E-state index in [1.54, 1.807) is 13.0 Å². The molecule has 33 heavy (non-hydrogen) atoms. The van der Waals surface area contributed by atoms with E-state index in [1.807, 2.05) is 12.1 Å². The van der Waals surface area contributed by atoms with Crippen molar-refractivity contribution in [1.29, 1.82) is 0 Å². The second-order valence-electron chi connectivity index (χ2n) is 9.15. The van der Waals surface area contributed by atoms with Gasteiger partial charge in [-0.1, -0.05) is 19.3 Å². The van der Waals surface area contributed by atoms with Gasteiger partial charge in [-0.25, -0.2) is 14.2 Å². The average molecular weight is 457 g/mol. The van der Waals surface area contributed by atoms with Gasteiger partial charge in [0.05, 0.1) is 18.6 Å². The number of pyridine rings is 1. The Labute approximate surface area is 194 Å². The number of benzene rings is 1. The van der Waals surface area contributed by atoms with E-state index < -0.39 is 17.4 Å². The van der Waals surface area contributed by atoms with Crippen LogP contribution in [0.2, 0.25) is 0 Å². The number of piperidine rings is 1. The predicted octanol–water partition coefficient (Wildman–Crippen LogP) is 5.14. The van der Waals surface area contributed by atoms with Gasteiger partial charge < -0.3 is 20.3 Å². The molecular formula is C25H33FN4O3. The normalized spacial score (nSPS) is 18.1. The molecular weight excluding hydrogens is 423 g/mol. The molecule has 0 radical (unpaired) electrons. The van der Waals surface area contributed by atoms with E-state index in [4.69, 9.17) is 4.74 Å². The lowest BCUT2D eigenvalue weighted by Gasteiger charge is -2.37. The van der Waals surface area contributed by atoms with Crippen molar-refractivity contribution >= 4 is 34.4 Å². The van der Waals surface area contributed by atoms with Gasteiger partial charge in [-0.15, -0.1) is 0 Å². The fourth-order valence-corrected chi connectivity index (χ4v) is 5.02. The molecule has 2 N–H and O–H groups in total. The van der Waals surface area contributed by atoms with E-state index in [2.05, 4.69) is 20.5 Å². The number of nitrogens with zero attached hydrogens (tertiary/aromatic N) is 2. The van der Waals surface area contributed by atoms with Crippen LogP contribution in [0, 0.1) is 5.82 Å². The van der Waals surface area contributed by atoms with Gasteiger partial charge in [-0.3, -0.25) is 4.79 Å². The van der Waals surface area contributed by atoms with Crippen LogP contribution in [0.25, 0.3) is 10.9 Å². The van der Waals surface area contributed by atoms with Crippen LogP contribution >= 0.6 is 0 Å². The summed E-state index contributed by atoms with van der Waals surface area (Å²) >= 11 is 0. The number of hydrogen-bond acceptors (Lipinski definition) is 5. The third-order valence-electron chi connectivity index (χ3n) is 6.65. The number of hydrogen-bond donors (Lipinski definition) is 2. The molecule has 1 aliphatic heterocycles. The highest BCUT2D eigenvalue weighted by atomic mass is 19.1. The Balaban J connectivity index is 1.48. The zero-order chi connectivity index (χ0) is 23.3. The maximum absolute atomic E-state index is 14.9. The van der Waals surface area contributed by atoms with Gasteiger partial charge in [0.2, 0.25) is 0 Å². The summed E-state index contributed by atoms with van der Waals surface area (Å²) in [6.45, 7) is 3.95. The Hall–Kier alpha value is -2.90. The van der Waals surface area contributed by atoms with Gasteiger partial charge in [0.1, 0.15) is 11.3 Å². The van der Waals surface area contributed by atoms with Crippen molar-refractivity contribution in [2.24, 2.45) is 0 Å². The molecule has 1 saturated heterocycles. The quantitative estimate of drug-likeness (QED) is 0.588. The van der Waals surface area contributed by atoms with Gasteiger partial charge in [-0.2, -0.15) is 0 Å². The molecule has 0 bridgehead atoms. The molecule has 2 fully saturated rings. The minimum Gasteiger partial charge on any atom is -0.466 e. The van der Waals surface area contributed by atoms with Gasteiger partial charge in [0.25, 0.3) is 0 Å². The molecule has 2 heterocycles. The number of fused-ring (bicyclic) bond motifs is 1. The van der Waals surface area contributed by atoms with Gasteiger partial charge in [-0.05, 0) is 63.3 Å². The maximum atomic E-state index is 14.9. The van der Waals surface area contributed by atoms with E-state index in [0.29, 0.717) is 36.0 Å². The van der Waals surface area contributed by atoms with E-state index in [9.17, 15) is 14.0 Å². The van der Waals surface area contributed by atoms with Crippen LogP contribution in [0.4, 0.5) is 20.7 Å². The topological polar surface area (TPSA) is 83.6 Å². The largest absolute Gasteiger partial charge is 0.466 e. The molecule has 7 nitrogen and oxygen atoms in total. The summed E-state index contributed by atoms with van der Waals surface area (Å²) in [6, 6.07) is 6.34. The summed E-state index contributed by atoms with van der Waals surface area (Å²) in [5, 5.41) is 6.37. The SMILES string of the molecule is CCOC(=O)CC1(NC(=O)Nc2cc(F)c3nc(N4CCCCC4)ccc3c2)CCCCC1. The van der Waals surface area contributed by atoms with Gasteiger partial charge >= 0.3 is 12.0 Å². The molecule has 0 spiro atoms. The minimum absolute atomic E-state index is 0.142. The van der Waals surface area contributed by atoms with E-state index in [0.717, 1.165) is 51.0 Å². The molecule has 1 aliphatic carbocycles. The number of esters is 1. The third-order valence-corrected chi connectivity index (χ3v) is 6.65. The van der Waals surface area contributed by atoms with Crippen molar-refractivity contribution in [3.63, 3.8) is 0 Å². The second-order valence-corrected chi connectivity index (χ2v) is 9.15. The highest BCUT2D eigenvalue weighted by Crippen LogP contribution is 2.32. The van der Waals surface area contributed by atoms with Crippen LogP contribution in [0.5, 0.6) is 0 Å². The fourth-order valence-electron chi connectivity index (χ4n) is 5.02. The summed E-state index contributed by atoms with van der Waals surface area (Å²) in [5.41, 5.74) is 0.0247. The number of aromatic nitrogens is 1. The summed E-state index contributed by atoms with van der Waals surface area (Å²) in [7, 11) is 0. The number of ether oxygens (including phenoxy) is 1. The van der Waals surface area contributed by atoms with Crippen molar-refractivity contribution in [2.75, 3.05) is 29.9 Å². The molecule has 2 aliphatic rings. The Kier molecular flexibility index (Phi) is 7.30. The number of nitrogens with one attached hydrogen (secondary N) is 2. The van der Waals surface area contributed by atoms with Crippen molar-refractivity contribution in [1.82, 2.24) is 10.3 Å². The van der Waals surface area contributed by atoms with Crippen LogP contribution in [0.1, 0.15) is 64.7 Å². The highest BCUT2D eigenvalue weighted by molar-refractivity contribution is 5.93. The van der Waals surface area contributed by atoms with Gasteiger partial charge in [0, 0.05) is 24.2 Å². The first-order valence-electron chi connectivity index (χ1n) is 12.1. The molecule has 1 aromatic heterocycles. The lowest BCUT2D eigenvalue weighted by molar-refractivity contribution is -0.145. The molecule has 8 heteroatoms. The van der Waals surface area contributed by atoms with E-state index in [-0.39, 0.29) is 12.4 Å². The number of halogens is 1. The summed E-state index contributed by atoms with van der Waals surface area (Å²) in [4.78, 5) is 31.7. The van der Waals surface area contributed by atoms with E-state index in [1.165, 1.54) is 12.5 Å². The van der Waals surface area contributed by atoms with E-state index >= 15 is 0 Å². The Bertz CT molecular complexity index is 1000. The Morgan fingerprint density at radius 2 is 1.82 bits per heavy atom. The zero-order valence-corrected chi connectivity index (χ0v) is 19.3. The lowest BCUT2D eigenvalue weighted by Crippen LogP contribution is -2.52. The summed E-state index contributed by atoms with van der Waals surface area (Å²) < 4.78 is 20.0. The molecule has 0 atom stereocenters. The number of carbonyl (C=O) groups excluding carboxylic acids is 2. The molecule has 1 saturated carbocycles. The minimum atomic E-state index is -0.630. The van der Waals surface area contributed by atoms with Crippen LogP contribution in [0.3, 0.4) is 0 Å². The number of urea groups is 1. The van der Waals surface area contributed by atoms with Crippen LogP contribution in [-0.4, -0.2) is 42.2 Å². The van der Waals surface area contributed by atoms with Crippen LogP contribution < -0.4 is 15.5 Å².